The van der Waals surface area contributed by atoms with Crippen LogP contribution in [0.25, 0.3) is 0 Å². The lowest BCUT2D eigenvalue weighted by molar-refractivity contribution is -0.142. The molecule has 1 aliphatic heterocycles. The molecule has 1 aliphatic rings. The molecule has 0 aromatic rings. The van der Waals surface area contributed by atoms with E-state index in [-0.39, 0.29) is 0 Å². The number of aliphatic carboxylic acids is 1. The van der Waals surface area contributed by atoms with Gasteiger partial charge >= 0.3 is 12.0 Å². The van der Waals surface area contributed by atoms with Crippen LogP contribution >= 0.6 is 0 Å². The lowest BCUT2D eigenvalue weighted by Gasteiger charge is -2.34. The van der Waals surface area contributed by atoms with Crippen LogP contribution in [0.5, 0.6) is 0 Å². The summed E-state index contributed by atoms with van der Waals surface area (Å²) in [6.07, 6.45) is -0.397. The van der Waals surface area contributed by atoms with Gasteiger partial charge in [-0.25, -0.2) is 4.79 Å². The summed E-state index contributed by atoms with van der Waals surface area (Å²) >= 11 is 0. The number of carbonyl (C=O) groups is 3. The van der Waals surface area contributed by atoms with Crippen molar-refractivity contribution in [1.29, 1.82) is 0 Å². The molecule has 3 amide bonds. The highest BCUT2D eigenvalue weighted by atomic mass is 16.4. The first-order chi connectivity index (χ1) is 8.41. The highest BCUT2D eigenvalue weighted by Gasteiger charge is 2.34. The van der Waals surface area contributed by atoms with Gasteiger partial charge in [-0.3, -0.25) is 9.59 Å². The Bertz CT molecular complexity index is 380. The zero-order valence-electron chi connectivity index (χ0n) is 10.2. The Hall–Kier alpha value is -2.05. The molecule has 1 rings (SSSR count). The van der Waals surface area contributed by atoms with Crippen molar-refractivity contribution in [2.45, 2.75) is 19.4 Å². The predicted octanol–water partition coefficient (Wildman–Crippen LogP) is -0.453. The molecule has 1 heterocycles. The fourth-order valence-electron chi connectivity index (χ4n) is 1.65. The molecule has 0 bridgehead atoms. The molecule has 1 saturated heterocycles. The number of hydrogen-bond acceptors (Lipinski definition) is 3. The van der Waals surface area contributed by atoms with Crippen molar-refractivity contribution in [2.75, 3.05) is 19.6 Å². The summed E-state index contributed by atoms with van der Waals surface area (Å²) in [5.41, 5.74) is 0.777. The van der Waals surface area contributed by atoms with Gasteiger partial charge in [0.25, 0.3) is 0 Å². The normalized spacial score (nSPS) is 19.1. The number of amides is 3. The second kappa shape index (κ2) is 6.04. The maximum Gasteiger partial charge on any atom is 0.318 e. The van der Waals surface area contributed by atoms with E-state index in [4.69, 9.17) is 5.11 Å². The van der Waals surface area contributed by atoms with Gasteiger partial charge in [-0.2, -0.15) is 0 Å². The summed E-state index contributed by atoms with van der Waals surface area (Å²) in [4.78, 5) is 35.4. The Morgan fingerprint density at radius 3 is 2.83 bits per heavy atom. The molecule has 0 spiro atoms. The first kappa shape index (κ1) is 14.0. The standard InChI is InChI=1S/C11H17N3O4/c1-7(2)6-13-11(18)14-4-3-12-10(17)8(14)5-9(15)16/h8H,1,3-6H2,2H3,(H,12,17)(H,13,18)(H,15,16). The van der Waals surface area contributed by atoms with Crippen molar-refractivity contribution < 1.29 is 19.5 Å². The first-order valence-corrected chi connectivity index (χ1v) is 5.60. The lowest BCUT2D eigenvalue weighted by Crippen LogP contribution is -2.60. The number of hydrogen-bond donors (Lipinski definition) is 3. The van der Waals surface area contributed by atoms with Crippen molar-refractivity contribution in [3.05, 3.63) is 12.2 Å². The van der Waals surface area contributed by atoms with Gasteiger partial charge in [0.2, 0.25) is 5.91 Å². The third kappa shape index (κ3) is 3.76. The smallest absolute Gasteiger partial charge is 0.318 e. The number of nitrogens with one attached hydrogen (secondary N) is 2. The van der Waals surface area contributed by atoms with Gasteiger partial charge in [-0.15, -0.1) is 0 Å². The number of piperazine rings is 1. The molecule has 7 heteroatoms. The Labute approximate surface area is 105 Å². The fourth-order valence-corrected chi connectivity index (χ4v) is 1.65. The van der Waals surface area contributed by atoms with E-state index < -0.39 is 30.4 Å². The first-order valence-electron chi connectivity index (χ1n) is 5.60. The number of carbonyl (C=O) groups excluding carboxylic acids is 2. The Kier molecular flexibility index (Phi) is 4.70. The summed E-state index contributed by atoms with van der Waals surface area (Å²) in [5, 5.41) is 13.9. The second-order valence-corrected chi connectivity index (χ2v) is 4.21. The van der Waals surface area contributed by atoms with Gasteiger partial charge in [0.05, 0.1) is 6.42 Å². The minimum atomic E-state index is -1.12. The Balaban J connectivity index is 2.69. The van der Waals surface area contributed by atoms with Crippen molar-refractivity contribution >= 4 is 17.9 Å². The molecule has 100 valence electrons. The number of carboxylic acid groups (broad SMARTS) is 1. The third-order valence-corrected chi connectivity index (χ3v) is 2.50. The largest absolute Gasteiger partial charge is 0.481 e. The number of carboxylic acids is 1. The summed E-state index contributed by atoms with van der Waals surface area (Å²) in [6, 6.07) is -1.40. The van der Waals surface area contributed by atoms with E-state index in [1.54, 1.807) is 6.92 Å². The highest BCUT2D eigenvalue weighted by molar-refractivity contribution is 5.91. The van der Waals surface area contributed by atoms with Gasteiger partial charge < -0.3 is 20.6 Å². The molecule has 7 nitrogen and oxygen atoms in total. The van der Waals surface area contributed by atoms with Gasteiger partial charge in [-0.1, -0.05) is 12.2 Å². The van der Waals surface area contributed by atoms with Crippen LogP contribution in [0.2, 0.25) is 0 Å². The SMILES string of the molecule is C=C(C)CNC(=O)N1CCNC(=O)C1CC(=O)O. The van der Waals surface area contributed by atoms with Gasteiger partial charge in [-0.05, 0) is 6.92 Å². The molecule has 1 atom stereocenters. The van der Waals surface area contributed by atoms with E-state index in [0.717, 1.165) is 5.57 Å². The van der Waals surface area contributed by atoms with Crippen LogP contribution in [-0.2, 0) is 9.59 Å². The van der Waals surface area contributed by atoms with E-state index in [1.807, 2.05) is 0 Å². The van der Waals surface area contributed by atoms with Crippen molar-refractivity contribution in [1.82, 2.24) is 15.5 Å². The molecule has 0 aromatic heterocycles. The van der Waals surface area contributed by atoms with E-state index in [1.165, 1.54) is 4.90 Å². The van der Waals surface area contributed by atoms with Crippen LogP contribution in [0.15, 0.2) is 12.2 Å². The number of rotatable bonds is 4. The molecule has 0 radical (unpaired) electrons. The van der Waals surface area contributed by atoms with Gasteiger partial charge in [0, 0.05) is 19.6 Å². The van der Waals surface area contributed by atoms with Gasteiger partial charge in [0.1, 0.15) is 6.04 Å². The highest BCUT2D eigenvalue weighted by Crippen LogP contribution is 2.09. The molecule has 0 aromatic carbocycles. The average molecular weight is 255 g/mol. The molecular formula is C11H17N3O4. The minimum Gasteiger partial charge on any atom is -0.481 e. The Morgan fingerprint density at radius 1 is 1.61 bits per heavy atom. The van der Waals surface area contributed by atoms with E-state index in [2.05, 4.69) is 17.2 Å². The van der Waals surface area contributed by atoms with E-state index in [0.29, 0.717) is 19.6 Å². The lowest BCUT2D eigenvalue weighted by atomic mass is 10.1. The fraction of sp³-hybridized carbons (Fsp3) is 0.545. The molecular weight excluding hydrogens is 238 g/mol. The van der Waals surface area contributed by atoms with Gasteiger partial charge in [0.15, 0.2) is 0 Å². The summed E-state index contributed by atoms with van der Waals surface area (Å²) in [7, 11) is 0. The van der Waals surface area contributed by atoms with Crippen LogP contribution in [0, 0.1) is 0 Å². The molecule has 1 unspecified atom stereocenters. The van der Waals surface area contributed by atoms with Crippen LogP contribution in [0.4, 0.5) is 4.79 Å². The van der Waals surface area contributed by atoms with Crippen LogP contribution < -0.4 is 10.6 Å². The molecule has 18 heavy (non-hydrogen) atoms. The zero-order valence-corrected chi connectivity index (χ0v) is 10.2. The topological polar surface area (TPSA) is 98.7 Å². The predicted molar refractivity (Wildman–Crippen MR) is 64.0 cm³/mol. The van der Waals surface area contributed by atoms with Crippen molar-refractivity contribution in [3.63, 3.8) is 0 Å². The van der Waals surface area contributed by atoms with E-state index in [9.17, 15) is 14.4 Å². The Morgan fingerprint density at radius 2 is 2.28 bits per heavy atom. The molecule has 3 N–H and O–H groups in total. The molecule has 1 fully saturated rings. The second-order valence-electron chi connectivity index (χ2n) is 4.21. The van der Waals surface area contributed by atoms with Crippen molar-refractivity contribution in [2.24, 2.45) is 0 Å². The van der Waals surface area contributed by atoms with Crippen LogP contribution in [0.3, 0.4) is 0 Å². The maximum absolute atomic E-state index is 11.8. The average Bonchev–Trinajstić information content (AvgIpc) is 2.28. The molecule has 0 saturated carbocycles. The van der Waals surface area contributed by atoms with Crippen LogP contribution in [-0.4, -0.2) is 53.6 Å². The van der Waals surface area contributed by atoms with Crippen LogP contribution in [0.1, 0.15) is 13.3 Å². The minimum absolute atomic E-state index is 0.297. The zero-order chi connectivity index (χ0) is 13.7. The van der Waals surface area contributed by atoms with E-state index >= 15 is 0 Å². The number of urea groups is 1. The summed E-state index contributed by atoms with van der Waals surface area (Å²) in [5.74, 6) is -1.55. The maximum atomic E-state index is 11.8. The monoisotopic (exact) mass is 255 g/mol. The summed E-state index contributed by atoms with van der Waals surface area (Å²) < 4.78 is 0. The summed E-state index contributed by atoms with van der Waals surface area (Å²) in [6.45, 7) is 6.34. The number of nitrogens with zero attached hydrogens (tertiary/aromatic N) is 1. The molecule has 0 aliphatic carbocycles. The third-order valence-electron chi connectivity index (χ3n) is 2.50. The van der Waals surface area contributed by atoms with Crippen molar-refractivity contribution in [3.8, 4) is 0 Å². The quantitative estimate of drug-likeness (QED) is 0.592.